The van der Waals surface area contributed by atoms with E-state index in [0.29, 0.717) is 0 Å². The first-order valence-corrected chi connectivity index (χ1v) is 8.95. The van der Waals surface area contributed by atoms with E-state index in [2.05, 4.69) is 38.6 Å². The molecule has 6 heteroatoms. The van der Waals surface area contributed by atoms with Gasteiger partial charge in [0.2, 0.25) is 0 Å². The summed E-state index contributed by atoms with van der Waals surface area (Å²) >= 11 is 4.25. The second-order valence-corrected chi connectivity index (χ2v) is 6.76. The maximum Gasteiger partial charge on any atom is 0.309 e. The molecule has 106 valence electrons. The van der Waals surface area contributed by atoms with Crippen LogP contribution in [-0.2, 0) is 28.9 Å². The third kappa shape index (κ3) is 3.45. The van der Waals surface area contributed by atoms with Crippen LogP contribution < -0.4 is 0 Å². The van der Waals surface area contributed by atoms with E-state index in [1.54, 1.807) is 0 Å². The van der Waals surface area contributed by atoms with Crippen LogP contribution in [0.25, 0.3) is 0 Å². The van der Waals surface area contributed by atoms with Gasteiger partial charge in [0.15, 0.2) is 0 Å². The van der Waals surface area contributed by atoms with Crippen LogP contribution in [0.4, 0.5) is 0 Å². The molecule has 1 aliphatic rings. The van der Waals surface area contributed by atoms with E-state index >= 15 is 0 Å². The second kappa shape index (κ2) is 6.97. The number of esters is 1. The number of carbonyl (C=O) groups is 1. The van der Waals surface area contributed by atoms with Crippen molar-refractivity contribution in [1.82, 2.24) is 9.78 Å². The Bertz CT molecular complexity index is 462. The molecule has 0 amide bonds. The Hall–Kier alpha value is -0.240. The Kier molecular flexibility index (Phi) is 5.56. The van der Waals surface area contributed by atoms with Crippen molar-refractivity contribution in [2.24, 2.45) is 5.92 Å². The lowest BCUT2D eigenvalue weighted by molar-refractivity contribution is -0.145. The van der Waals surface area contributed by atoms with Crippen molar-refractivity contribution in [3.05, 3.63) is 15.0 Å². The zero-order valence-corrected chi connectivity index (χ0v) is 14.3. The number of ether oxygens (including phenoxy) is 1. The number of halogens is 1. The molecule has 1 aromatic rings. The first-order valence-electron chi connectivity index (χ1n) is 6.48. The lowest BCUT2D eigenvalue weighted by Crippen LogP contribution is -2.23. The zero-order valence-electron chi connectivity index (χ0n) is 11.3. The average molecular weight is 394 g/mol. The van der Waals surface area contributed by atoms with Crippen molar-refractivity contribution in [1.29, 1.82) is 0 Å². The van der Waals surface area contributed by atoms with E-state index in [9.17, 15) is 4.79 Å². The van der Waals surface area contributed by atoms with E-state index in [4.69, 9.17) is 4.74 Å². The van der Waals surface area contributed by atoms with Crippen LogP contribution >= 0.6 is 34.4 Å². The van der Waals surface area contributed by atoms with Gasteiger partial charge in [0.25, 0.3) is 0 Å². The number of hydrogen-bond acceptors (Lipinski definition) is 4. The van der Waals surface area contributed by atoms with Gasteiger partial charge in [-0.15, -0.1) is 0 Å². The molecular formula is C13H19IN2O2S. The summed E-state index contributed by atoms with van der Waals surface area (Å²) in [6.45, 7) is 0.967. The quantitative estimate of drug-likeness (QED) is 0.438. The van der Waals surface area contributed by atoms with E-state index in [1.165, 1.54) is 16.4 Å². The Labute approximate surface area is 131 Å². The first-order chi connectivity index (χ1) is 9.17. The molecule has 19 heavy (non-hydrogen) atoms. The van der Waals surface area contributed by atoms with Gasteiger partial charge in [-0.3, -0.25) is 9.48 Å². The highest BCUT2D eigenvalue weighted by atomic mass is 127. The van der Waals surface area contributed by atoms with E-state index in [1.807, 2.05) is 11.8 Å². The van der Waals surface area contributed by atoms with Crippen LogP contribution in [0.5, 0.6) is 0 Å². The maximum absolute atomic E-state index is 11.6. The SMILES string of the molecule is COC(=O)C1CCc2c(nn(CCCSC)c2I)C1. The molecule has 4 nitrogen and oxygen atoms in total. The van der Waals surface area contributed by atoms with Gasteiger partial charge >= 0.3 is 5.97 Å². The second-order valence-electron chi connectivity index (χ2n) is 4.75. The Morgan fingerprint density at radius 1 is 1.63 bits per heavy atom. The molecule has 2 rings (SSSR count). The molecule has 1 heterocycles. The Morgan fingerprint density at radius 3 is 3.11 bits per heavy atom. The number of carbonyl (C=O) groups excluding carboxylic acids is 1. The van der Waals surface area contributed by atoms with Crippen LogP contribution in [0.2, 0.25) is 0 Å². The first kappa shape index (κ1) is 15.2. The number of rotatable bonds is 5. The fourth-order valence-corrected chi connectivity index (χ4v) is 3.81. The van der Waals surface area contributed by atoms with Crippen LogP contribution in [-0.4, -0.2) is 34.9 Å². The predicted octanol–water partition coefficient (Wildman–Crippen LogP) is 2.52. The Balaban J connectivity index is 2.08. The number of fused-ring (bicyclic) bond motifs is 1. The largest absolute Gasteiger partial charge is 0.469 e. The molecular weight excluding hydrogens is 375 g/mol. The minimum absolute atomic E-state index is 0.0113. The summed E-state index contributed by atoms with van der Waals surface area (Å²) in [5.41, 5.74) is 2.43. The topological polar surface area (TPSA) is 44.1 Å². The molecule has 0 bridgehead atoms. The number of methoxy groups -OCH3 is 1. The molecule has 0 saturated carbocycles. The van der Waals surface area contributed by atoms with Crippen molar-refractivity contribution >= 4 is 40.3 Å². The fraction of sp³-hybridized carbons (Fsp3) is 0.692. The van der Waals surface area contributed by atoms with Crippen molar-refractivity contribution in [2.75, 3.05) is 19.1 Å². The van der Waals surface area contributed by atoms with Crippen LogP contribution in [0.1, 0.15) is 24.1 Å². The van der Waals surface area contributed by atoms with Crippen LogP contribution in [0.15, 0.2) is 0 Å². The molecule has 1 aromatic heterocycles. The highest BCUT2D eigenvalue weighted by Gasteiger charge is 2.29. The molecule has 0 saturated heterocycles. The van der Waals surface area contributed by atoms with Gasteiger partial charge in [0, 0.05) is 18.5 Å². The van der Waals surface area contributed by atoms with Gasteiger partial charge < -0.3 is 4.74 Å². The van der Waals surface area contributed by atoms with Gasteiger partial charge in [0.05, 0.1) is 18.7 Å². The predicted molar refractivity (Wildman–Crippen MR) is 85.5 cm³/mol. The highest BCUT2D eigenvalue weighted by molar-refractivity contribution is 14.1. The molecule has 0 spiro atoms. The lowest BCUT2D eigenvalue weighted by Gasteiger charge is -2.18. The molecule has 0 radical (unpaired) electrons. The smallest absolute Gasteiger partial charge is 0.309 e. The summed E-state index contributed by atoms with van der Waals surface area (Å²) in [5, 5.41) is 4.68. The van der Waals surface area contributed by atoms with E-state index in [-0.39, 0.29) is 11.9 Å². The molecule has 0 aliphatic heterocycles. The number of aromatic nitrogens is 2. The minimum Gasteiger partial charge on any atom is -0.469 e. The average Bonchev–Trinajstić information content (AvgIpc) is 2.74. The minimum atomic E-state index is -0.0995. The summed E-state index contributed by atoms with van der Waals surface area (Å²) in [7, 11) is 1.46. The number of hydrogen-bond donors (Lipinski definition) is 0. The van der Waals surface area contributed by atoms with Gasteiger partial charge in [-0.25, -0.2) is 0 Å². The summed E-state index contributed by atoms with van der Waals surface area (Å²) in [6.07, 6.45) is 5.81. The molecule has 1 unspecified atom stereocenters. The van der Waals surface area contributed by atoms with Crippen molar-refractivity contribution < 1.29 is 9.53 Å². The maximum atomic E-state index is 11.6. The fourth-order valence-electron chi connectivity index (χ4n) is 2.46. The van der Waals surface area contributed by atoms with Gasteiger partial charge in [0.1, 0.15) is 3.70 Å². The third-order valence-electron chi connectivity index (χ3n) is 3.50. The van der Waals surface area contributed by atoms with Crippen LogP contribution in [0.3, 0.4) is 0 Å². The third-order valence-corrected chi connectivity index (χ3v) is 5.41. The van der Waals surface area contributed by atoms with Gasteiger partial charge in [-0.2, -0.15) is 16.9 Å². The standard InChI is InChI=1S/C13H19IN2O2S/c1-18-13(17)9-4-5-10-11(8-9)15-16(12(10)14)6-3-7-19-2/h9H,3-8H2,1-2H3. The summed E-state index contributed by atoms with van der Waals surface area (Å²) in [6, 6.07) is 0. The normalized spacial score (nSPS) is 18.2. The zero-order chi connectivity index (χ0) is 13.8. The summed E-state index contributed by atoms with van der Waals surface area (Å²) in [5.74, 6) is 1.05. The molecule has 0 N–H and O–H groups in total. The highest BCUT2D eigenvalue weighted by Crippen LogP contribution is 2.29. The van der Waals surface area contributed by atoms with E-state index in [0.717, 1.165) is 43.7 Å². The van der Waals surface area contributed by atoms with Crippen molar-refractivity contribution in [3.8, 4) is 0 Å². The van der Waals surface area contributed by atoms with E-state index < -0.39 is 0 Å². The summed E-state index contributed by atoms with van der Waals surface area (Å²) in [4.78, 5) is 11.6. The molecule has 0 aromatic carbocycles. The van der Waals surface area contributed by atoms with Crippen LogP contribution in [0, 0.1) is 9.62 Å². The molecule has 1 aliphatic carbocycles. The molecule has 0 fully saturated rings. The number of aryl methyl sites for hydroxylation is 1. The number of thioether (sulfide) groups is 1. The molecule has 1 atom stereocenters. The number of nitrogens with zero attached hydrogens (tertiary/aromatic N) is 2. The van der Waals surface area contributed by atoms with Crippen molar-refractivity contribution in [2.45, 2.75) is 32.2 Å². The van der Waals surface area contributed by atoms with Gasteiger partial charge in [-0.1, -0.05) is 0 Å². The lowest BCUT2D eigenvalue weighted by atomic mass is 9.88. The van der Waals surface area contributed by atoms with Gasteiger partial charge in [-0.05, 0) is 53.9 Å². The Morgan fingerprint density at radius 2 is 2.42 bits per heavy atom. The van der Waals surface area contributed by atoms with Crippen molar-refractivity contribution in [3.63, 3.8) is 0 Å². The monoisotopic (exact) mass is 394 g/mol. The summed E-state index contributed by atoms with van der Waals surface area (Å²) < 4.78 is 8.19.